The van der Waals surface area contributed by atoms with Crippen LogP contribution in [0.1, 0.15) is 39.5 Å². The van der Waals surface area contributed by atoms with Crippen molar-refractivity contribution in [2.45, 2.75) is 45.6 Å². The highest BCUT2D eigenvalue weighted by atomic mass is 28.4. The van der Waals surface area contributed by atoms with Crippen LogP contribution in [0.4, 0.5) is 0 Å². The summed E-state index contributed by atoms with van der Waals surface area (Å²) in [6.07, 6.45) is 4.63. The normalized spacial score (nSPS) is 12.0. The number of hydrogen-bond donors (Lipinski definition) is 1. The summed E-state index contributed by atoms with van der Waals surface area (Å²) in [7, 11) is 0.974. The molecule has 0 heterocycles. The molecule has 0 saturated carbocycles. The fourth-order valence-electron chi connectivity index (χ4n) is 1.60. The van der Waals surface area contributed by atoms with Crippen molar-refractivity contribution in [3.05, 3.63) is 0 Å². The molecule has 0 amide bonds. The molecule has 0 aromatic heterocycles. The molecule has 0 spiro atoms. The van der Waals surface area contributed by atoms with Crippen LogP contribution in [0.25, 0.3) is 0 Å². The lowest BCUT2D eigenvalue weighted by molar-refractivity contribution is 0.0965. The third kappa shape index (κ3) is 7.89. The molecule has 0 unspecified atom stereocenters. The fraction of sp³-hybridized carbons (Fsp3) is 1.00. The second-order valence-electron chi connectivity index (χ2n) is 4.15. The van der Waals surface area contributed by atoms with Gasteiger partial charge in [-0.1, -0.05) is 26.7 Å². The molecule has 17 heavy (non-hydrogen) atoms. The monoisotopic (exact) mass is 263 g/mol. The highest BCUT2D eigenvalue weighted by Gasteiger charge is 2.38. The van der Waals surface area contributed by atoms with Crippen molar-refractivity contribution in [3.63, 3.8) is 0 Å². The SMILES string of the molecule is CCCCCO[Si](CCNCCC)(OC)OC. The van der Waals surface area contributed by atoms with E-state index >= 15 is 0 Å². The molecule has 0 aliphatic heterocycles. The third-order valence-electron chi connectivity index (χ3n) is 2.73. The summed E-state index contributed by atoms with van der Waals surface area (Å²) in [5, 5.41) is 3.36. The number of unbranched alkanes of at least 4 members (excludes halogenated alkanes) is 2. The Labute approximate surface area is 107 Å². The van der Waals surface area contributed by atoms with E-state index in [2.05, 4.69) is 19.2 Å². The molecule has 4 nitrogen and oxygen atoms in total. The van der Waals surface area contributed by atoms with Crippen LogP contribution in [0.3, 0.4) is 0 Å². The van der Waals surface area contributed by atoms with E-state index in [1.54, 1.807) is 14.2 Å². The van der Waals surface area contributed by atoms with Gasteiger partial charge in [-0.25, -0.2) is 0 Å². The van der Waals surface area contributed by atoms with Gasteiger partial charge < -0.3 is 18.6 Å². The average Bonchev–Trinajstić information content (AvgIpc) is 2.37. The lowest BCUT2D eigenvalue weighted by atomic mass is 10.3. The molecule has 0 saturated heterocycles. The van der Waals surface area contributed by atoms with Crippen LogP contribution >= 0.6 is 0 Å². The van der Waals surface area contributed by atoms with Gasteiger partial charge in [-0.15, -0.1) is 0 Å². The summed E-state index contributed by atoms with van der Waals surface area (Å²) in [5.41, 5.74) is 0. The first-order chi connectivity index (χ1) is 8.24. The Hall–Kier alpha value is 0.0569. The van der Waals surface area contributed by atoms with Crippen molar-refractivity contribution in [2.24, 2.45) is 0 Å². The quantitative estimate of drug-likeness (QED) is 0.434. The van der Waals surface area contributed by atoms with Crippen molar-refractivity contribution in [1.29, 1.82) is 0 Å². The van der Waals surface area contributed by atoms with E-state index in [0.29, 0.717) is 0 Å². The van der Waals surface area contributed by atoms with E-state index in [0.717, 1.165) is 38.6 Å². The summed E-state index contributed by atoms with van der Waals surface area (Å²) in [6, 6.07) is 0.839. The molecule has 0 fully saturated rings. The van der Waals surface area contributed by atoms with Crippen LogP contribution in [0, 0.1) is 0 Å². The molecule has 0 rings (SSSR count). The molecular weight excluding hydrogens is 234 g/mol. The summed E-state index contributed by atoms with van der Waals surface area (Å²) in [4.78, 5) is 0. The summed E-state index contributed by atoms with van der Waals surface area (Å²) < 4.78 is 16.9. The van der Waals surface area contributed by atoms with Crippen molar-refractivity contribution in [3.8, 4) is 0 Å². The fourth-order valence-corrected chi connectivity index (χ4v) is 3.49. The van der Waals surface area contributed by atoms with Crippen molar-refractivity contribution < 1.29 is 13.3 Å². The first-order valence-corrected chi connectivity index (χ1v) is 8.62. The molecule has 5 heteroatoms. The van der Waals surface area contributed by atoms with Crippen molar-refractivity contribution >= 4 is 8.80 Å². The van der Waals surface area contributed by atoms with Gasteiger partial charge in [-0.2, -0.15) is 0 Å². The van der Waals surface area contributed by atoms with Gasteiger partial charge in [-0.05, 0) is 25.9 Å². The van der Waals surface area contributed by atoms with Crippen LogP contribution in [-0.4, -0.2) is 42.7 Å². The van der Waals surface area contributed by atoms with Crippen molar-refractivity contribution in [2.75, 3.05) is 33.9 Å². The zero-order chi connectivity index (χ0) is 13.0. The molecule has 0 aliphatic carbocycles. The number of rotatable bonds is 12. The maximum absolute atomic E-state index is 5.86. The Balaban J connectivity index is 3.88. The van der Waals surface area contributed by atoms with E-state index in [-0.39, 0.29) is 0 Å². The molecule has 0 aromatic rings. The van der Waals surface area contributed by atoms with Gasteiger partial charge in [0.05, 0.1) is 0 Å². The van der Waals surface area contributed by atoms with Crippen LogP contribution in [0.5, 0.6) is 0 Å². The number of hydrogen-bond acceptors (Lipinski definition) is 4. The van der Waals surface area contributed by atoms with Gasteiger partial charge in [0.1, 0.15) is 0 Å². The Kier molecular flexibility index (Phi) is 11.2. The van der Waals surface area contributed by atoms with E-state index < -0.39 is 8.80 Å². The van der Waals surface area contributed by atoms with E-state index in [9.17, 15) is 0 Å². The van der Waals surface area contributed by atoms with E-state index in [4.69, 9.17) is 13.3 Å². The van der Waals surface area contributed by atoms with Gasteiger partial charge in [0, 0.05) is 26.9 Å². The molecule has 0 bridgehead atoms. The zero-order valence-electron chi connectivity index (χ0n) is 11.9. The topological polar surface area (TPSA) is 39.7 Å². The Morgan fingerprint density at radius 1 is 0.941 bits per heavy atom. The van der Waals surface area contributed by atoms with Gasteiger partial charge in [0.15, 0.2) is 0 Å². The molecule has 0 atom stereocenters. The minimum Gasteiger partial charge on any atom is -0.377 e. The number of nitrogens with one attached hydrogen (secondary N) is 1. The molecule has 0 aliphatic rings. The summed E-state index contributed by atoms with van der Waals surface area (Å²) in [5.74, 6) is 0. The largest absolute Gasteiger partial charge is 0.501 e. The van der Waals surface area contributed by atoms with Gasteiger partial charge in [-0.3, -0.25) is 0 Å². The third-order valence-corrected chi connectivity index (χ3v) is 5.48. The van der Waals surface area contributed by atoms with Crippen LogP contribution in [-0.2, 0) is 13.3 Å². The second-order valence-corrected chi connectivity index (χ2v) is 7.12. The second kappa shape index (κ2) is 11.2. The highest BCUT2D eigenvalue weighted by molar-refractivity contribution is 6.60. The van der Waals surface area contributed by atoms with E-state index in [1.807, 2.05) is 0 Å². The van der Waals surface area contributed by atoms with Crippen molar-refractivity contribution in [1.82, 2.24) is 5.32 Å². The summed E-state index contributed by atoms with van der Waals surface area (Å²) in [6.45, 7) is 7.02. The first-order valence-electron chi connectivity index (χ1n) is 6.69. The predicted molar refractivity (Wildman–Crippen MR) is 73.2 cm³/mol. The maximum Gasteiger partial charge on any atom is 0.501 e. The summed E-state index contributed by atoms with van der Waals surface area (Å²) >= 11 is 0. The predicted octanol–water partition coefficient (Wildman–Crippen LogP) is 2.42. The van der Waals surface area contributed by atoms with Crippen LogP contribution in [0.2, 0.25) is 6.04 Å². The Morgan fingerprint density at radius 2 is 1.65 bits per heavy atom. The minimum atomic E-state index is -2.41. The smallest absolute Gasteiger partial charge is 0.377 e. The zero-order valence-corrected chi connectivity index (χ0v) is 12.9. The molecule has 0 aromatic carbocycles. The van der Waals surface area contributed by atoms with E-state index in [1.165, 1.54) is 12.8 Å². The standard InChI is InChI=1S/C12H29NO3Si/c1-5-7-8-11-16-17(14-3,15-4)12-10-13-9-6-2/h13H,5-12H2,1-4H3. The maximum atomic E-state index is 5.86. The lowest BCUT2D eigenvalue weighted by Crippen LogP contribution is -2.46. The minimum absolute atomic E-state index is 0.746. The Morgan fingerprint density at radius 3 is 2.18 bits per heavy atom. The molecule has 104 valence electrons. The lowest BCUT2D eigenvalue weighted by Gasteiger charge is -2.26. The van der Waals surface area contributed by atoms with Crippen LogP contribution in [0.15, 0.2) is 0 Å². The molecular formula is C12H29NO3Si. The molecule has 1 N–H and O–H groups in total. The van der Waals surface area contributed by atoms with Gasteiger partial charge in [0.2, 0.25) is 0 Å². The van der Waals surface area contributed by atoms with Gasteiger partial charge in [0.25, 0.3) is 0 Å². The van der Waals surface area contributed by atoms with Gasteiger partial charge >= 0.3 is 8.80 Å². The van der Waals surface area contributed by atoms with Crippen LogP contribution < -0.4 is 5.32 Å². The Bertz CT molecular complexity index is 152. The average molecular weight is 263 g/mol. The molecule has 0 radical (unpaired) electrons. The first kappa shape index (κ1) is 17.1. The highest BCUT2D eigenvalue weighted by Crippen LogP contribution is 2.14.